The smallest absolute Gasteiger partial charge is 0.242 e. The highest BCUT2D eigenvalue weighted by atomic mass is 32.2. The molecule has 1 amide bonds. The van der Waals surface area contributed by atoms with E-state index in [1.807, 2.05) is 42.5 Å². The quantitative estimate of drug-likeness (QED) is 0.380. The number of hydrogen-bond donors (Lipinski definition) is 0. The maximum atomic E-state index is 13.0. The van der Waals surface area contributed by atoms with Gasteiger partial charge in [0, 0.05) is 23.9 Å². The molecule has 1 fully saturated rings. The standard InChI is InChI=1S/C25H22N2O3S/c1-3-15-27-24(29)23(16-22(28)18-11-13-19(30-2)14-12-18)31-25(27)26-21-10-6-8-17-7-4-5-9-20(17)21/h3-14,23H,1,15-16H2,2H3. The Labute approximate surface area is 185 Å². The Hall–Kier alpha value is -3.38. The summed E-state index contributed by atoms with van der Waals surface area (Å²) in [6.07, 6.45) is 1.78. The Morgan fingerprint density at radius 1 is 1.13 bits per heavy atom. The van der Waals surface area contributed by atoms with Crippen molar-refractivity contribution < 1.29 is 14.3 Å². The lowest BCUT2D eigenvalue weighted by molar-refractivity contribution is -0.125. The number of carbonyl (C=O) groups excluding carboxylic acids is 2. The van der Waals surface area contributed by atoms with E-state index in [1.165, 1.54) is 11.8 Å². The van der Waals surface area contributed by atoms with Crippen molar-refractivity contribution in [3.8, 4) is 5.75 Å². The van der Waals surface area contributed by atoms with Crippen molar-refractivity contribution in [2.24, 2.45) is 4.99 Å². The Bertz CT molecular complexity index is 1170. The fourth-order valence-electron chi connectivity index (χ4n) is 3.49. The monoisotopic (exact) mass is 430 g/mol. The van der Waals surface area contributed by atoms with E-state index in [9.17, 15) is 9.59 Å². The molecule has 0 radical (unpaired) electrons. The zero-order chi connectivity index (χ0) is 21.8. The molecule has 0 bridgehead atoms. The van der Waals surface area contributed by atoms with Crippen LogP contribution in [0.3, 0.4) is 0 Å². The van der Waals surface area contributed by atoms with Gasteiger partial charge in [-0.2, -0.15) is 0 Å². The molecule has 156 valence electrons. The number of hydrogen-bond acceptors (Lipinski definition) is 5. The number of amides is 1. The molecule has 1 atom stereocenters. The van der Waals surface area contributed by atoms with Gasteiger partial charge in [-0.1, -0.05) is 54.2 Å². The number of amidine groups is 1. The van der Waals surface area contributed by atoms with Crippen LogP contribution in [0.25, 0.3) is 10.8 Å². The summed E-state index contributed by atoms with van der Waals surface area (Å²) in [6.45, 7) is 4.11. The maximum absolute atomic E-state index is 13.0. The van der Waals surface area contributed by atoms with Crippen molar-refractivity contribution in [1.29, 1.82) is 0 Å². The van der Waals surface area contributed by atoms with Crippen LogP contribution in [0.1, 0.15) is 16.8 Å². The normalized spacial score (nSPS) is 17.3. The molecule has 1 heterocycles. The van der Waals surface area contributed by atoms with E-state index in [1.54, 1.807) is 42.4 Å². The minimum absolute atomic E-state index is 0.0848. The van der Waals surface area contributed by atoms with Crippen molar-refractivity contribution in [3.63, 3.8) is 0 Å². The van der Waals surface area contributed by atoms with Crippen LogP contribution in [-0.2, 0) is 4.79 Å². The lowest BCUT2D eigenvalue weighted by Crippen LogP contribution is -2.32. The second kappa shape index (κ2) is 9.18. The van der Waals surface area contributed by atoms with Crippen molar-refractivity contribution >= 4 is 45.1 Å². The van der Waals surface area contributed by atoms with Gasteiger partial charge in [0.05, 0.1) is 18.0 Å². The van der Waals surface area contributed by atoms with Gasteiger partial charge in [-0.3, -0.25) is 14.5 Å². The first-order chi connectivity index (χ1) is 15.1. The molecule has 3 aromatic rings. The van der Waals surface area contributed by atoms with Crippen LogP contribution >= 0.6 is 11.8 Å². The first-order valence-electron chi connectivity index (χ1n) is 9.93. The molecule has 3 aromatic carbocycles. The molecule has 0 aliphatic carbocycles. The Morgan fingerprint density at radius 2 is 1.87 bits per heavy atom. The summed E-state index contributed by atoms with van der Waals surface area (Å²) in [7, 11) is 1.58. The summed E-state index contributed by atoms with van der Waals surface area (Å²) >= 11 is 1.33. The van der Waals surface area contributed by atoms with Crippen molar-refractivity contribution in [3.05, 3.63) is 84.9 Å². The van der Waals surface area contributed by atoms with E-state index in [0.29, 0.717) is 23.0 Å². The molecule has 31 heavy (non-hydrogen) atoms. The molecule has 1 unspecified atom stereocenters. The zero-order valence-corrected chi connectivity index (χ0v) is 18.0. The average molecular weight is 431 g/mol. The molecular weight excluding hydrogens is 408 g/mol. The molecule has 0 N–H and O–H groups in total. The summed E-state index contributed by atoms with van der Waals surface area (Å²) in [5, 5.41) is 2.18. The Morgan fingerprint density at radius 3 is 2.61 bits per heavy atom. The number of benzene rings is 3. The average Bonchev–Trinajstić information content (AvgIpc) is 3.08. The fourth-order valence-corrected chi connectivity index (χ4v) is 4.65. The van der Waals surface area contributed by atoms with Crippen LogP contribution in [0.5, 0.6) is 5.75 Å². The third-order valence-corrected chi connectivity index (χ3v) is 6.27. The first-order valence-corrected chi connectivity index (χ1v) is 10.8. The van der Waals surface area contributed by atoms with E-state index >= 15 is 0 Å². The van der Waals surface area contributed by atoms with Crippen LogP contribution in [0.4, 0.5) is 5.69 Å². The van der Waals surface area contributed by atoms with Crippen molar-refractivity contribution in [1.82, 2.24) is 4.90 Å². The lowest BCUT2D eigenvalue weighted by atomic mass is 10.1. The number of Topliss-reactive ketones (excluding diaryl/α,β-unsaturated/α-hetero) is 1. The van der Waals surface area contributed by atoms with Gasteiger partial charge in [-0.25, -0.2) is 4.99 Å². The van der Waals surface area contributed by atoms with Gasteiger partial charge in [-0.05, 0) is 35.7 Å². The largest absolute Gasteiger partial charge is 0.497 e. The molecule has 0 spiro atoms. The number of rotatable bonds is 7. The predicted octanol–water partition coefficient (Wildman–Crippen LogP) is 5.24. The van der Waals surface area contributed by atoms with E-state index < -0.39 is 5.25 Å². The van der Waals surface area contributed by atoms with Crippen LogP contribution < -0.4 is 4.74 Å². The van der Waals surface area contributed by atoms with E-state index in [-0.39, 0.29) is 18.1 Å². The summed E-state index contributed by atoms with van der Waals surface area (Å²) in [4.78, 5) is 32.2. The van der Waals surface area contributed by atoms with Crippen LogP contribution in [-0.4, -0.2) is 40.7 Å². The Balaban J connectivity index is 1.60. The molecular formula is C25H22N2O3S. The summed E-state index contributed by atoms with van der Waals surface area (Å²) in [6, 6.07) is 20.8. The van der Waals surface area contributed by atoms with E-state index in [2.05, 4.69) is 6.58 Å². The van der Waals surface area contributed by atoms with E-state index in [4.69, 9.17) is 9.73 Å². The summed E-state index contributed by atoms with van der Waals surface area (Å²) < 4.78 is 5.14. The van der Waals surface area contributed by atoms with Crippen molar-refractivity contribution in [2.45, 2.75) is 11.7 Å². The molecule has 1 aliphatic heterocycles. The third kappa shape index (κ3) is 4.39. The zero-order valence-electron chi connectivity index (χ0n) is 17.2. The molecule has 6 heteroatoms. The van der Waals surface area contributed by atoms with Gasteiger partial charge in [0.2, 0.25) is 5.91 Å². The highest BCUT2D eigenvalue weighted by molar-refractivity contribution is 8.15. The molecule has 1 saturated heterocycles. The van der Waals surface area contributed by atoms with Gasteiger partial charge >= 0.3 is 0 Å². The number of nitrogens with zero attached hydrogens (tertiary/aromatic N) is 2. The van der Waals surface area contributed by atoms with Gasteiger partial charge in [-0.15, -0.1) is 6.58 Å². The van der Waals surface area contributed by atoms with Crippen LogP contribution in [0.2, 0.25) is 0 Å². The summed E-state index contributed by atoms with van der Waals surface area (Å²) in [5.41, 5.74) is 1.36. The topological polar surface area (TPSA) is 59.0 Å². The molecule has 0 saturated carbocycles. The lowest BCUT2D eigenvalue weighted by Gasteiger charge is -2.14. The molecule has 5 nitrogen and oxygen atoms in total. The maximum Gasteiger partial charge on any atom is 0.242 e. The van der Waals surface area contributed by atoms with Gasteiger partial charge < -0.3 is 4.74 Å². The highest BCUT2D eigenvalue weighted by Gasteiger charge is 2.38. The van der Waals surface area contributed by atoms with Crippen LogP contribution in [0.15, 0.2) is 84.4 Å². The minimum Gasteiger partial charge on any atom is -0.497 e. The number of fused-ring (bicyclic) bond motifs is 1. The number of thioether (sulfide) groups is 1. The molecule has 1 aliphatic rings. The number of ketones is 1. The van der Waals surface area contributed by atoms with E-state index in [0.717, 1.165) is 16.5 Å². The van der Waals surface area contributed by atoms with Gasteiger partial charge in [0.25, 0.3) is 0 Å². The number of methoxy groups -OCH3 is 1. The van der Waals surface area contributed by atoms with Crippen LogP contribution in [0, 0.1) is 0 Å². The Kier molecular flexibility index (Phi) is 6.18. The first kappa shape index (κ1) is 20.9. The summed E-state index contributed by atoms with van der Waals surface area (Å²) in [5.74, 6) is 0.480. The minimum atomic E-state index is -0.511. The predicted molar refractivity (Wildman–Crippen MR) is 126 cm³/mol. The number of ether oxygens (including phenoxy) is 1. The second-order valence-electron chi connectivity index (χ2n) is 7.09. The SMILES string of the molecule is C=CCN1C(=O)C(CC(=O)c2ccc(OC)cc2)SC1=Nc1cccc2ccccc12. The third-order valence-electron chi connectivity index (χ3n) is 5.10. The second-order valence-corrected chi connectivity index (χ2v) is 8.26. The fraction of sp³-hybridized carbons (Fsp3) is 0.160. The van der Waals surface area contributed by atoms with Gasteiger partial charge in [0.15, 0.2) is 11.0 Å². The highest BCUT2D eigenvalue weighted by Crippen LogP contribution is 2.34. The molecule has 4 rings (SSSR count). The van der Waals surface area contributed by atoms with Gasteiger partial charge in [0.1, 0.15) is 5.75 Å². The number of aliphatic imine (C=N–C) groups is 1. The molecule has 0 aromatic heterocycles. The van der Waals surface area contributed by atoms with Crippen molar-refractivity contribution in [2.75, 3.05) is 13.7 Å². The number of carbonyl (C=O) groups is 2.